The molecule has 2 N–H and O–H groups in total. The number of amidine groups is 1. The molecule has 1 aromatic heterocycles. The number of oxime groups is 1. The smallest absolute Gasteiger partial charge is 0.262 e. The molecule has 0 spiro atoms. The van der Waals surface area contributed by atoms with Crippen LogP contribution in [0.2, 0.25) is 0 Å². The number of ether oxygens (including phenoxy) is 1. The van der Waals surface area contributed by atoms with Crippen molar-refractivity contribution in [2.75, 3.05) is 37.1 Å². The van der Waals surface area contributed by atoms with Gasteiger partial charge in [0.25, 0.3) is 5.91 Å². The number of aryl methyl sites for hydroxylation is 1. The van der Waals surface area contributed by atoms with Crippen LogP contribution in [0.5, 0.6) is 0 Å². The minimum absolute atomic E-state index is 0.177. The minimum Gasteiger partial charge on any atom is -0.398 e. The summed E-state index contributed by atoms with van der Waals surface area (Å²) in [4.78, 5) is 33.7. The summed E-state index contributed by atoms with van der Waals surface area (Å²) >= 11 is 4.74. The molecule has 176 valence electrons. The lowest BCUT2D eigenvalue weighted by atomic mass is 9.95. The van der Waals surface area contributed by atoms with E-state index < -0.39 is 5.54 Å². The van der Waals surface area contributed by atoms with Gasteiger partial charge in [-0.15, -0.1) is 11.3 Å². The maximum absolute atomic E-state index is 13.3. The number of benzene rings is 1. The Balaban J connectivity index is 1.50. The molecule has 2 fully saturated rings. The van der Waals surface area contributed by atoms with E-state index >= 15 is 0 Å². The van der Waals surface area contributed by atoms with E-state index in [4.69, 9.17) is 9.57 Å². The van der Waals surface area contributed by atoms with Crippen LogP contribution in [0.25, 0.3) is 0 Å². The fraction of sp³-hybridized carbons (Fsp3) is 0.435. The Morgan fingerprint density at radius 3 is 2.70 bits per heavy atom. The number of halogens is 1. The standard InChI is InChI=1S/C23H27BrN4O4S/c1-15-13-16(5-6-17(15)28-11-12-32-14-20(28)27-31-2)25-22(30)23(9-3-4-10-23)26-21(29)18-7-8-19(24)33-18/h5-8,13H,3-4,9-12,14H2,1-2H3,(H,25,30)(H,26,29)/b27-20-. The number of rotatable bonds is 6. The topological polar surface area (TPSA) is 92.3 Å². The molecular formula is C23H27BrN4O4S. The molecule has 0 unspecified atom stereocenters. The van der Waals surface area contributed by atoms with Gasteiger partial charge in [-0.1, -0.05) is 18.0 Å². The van der Waals surface area contributed by atoms with Gasteiger partial charge < -0.3 is 25.1 Å². The fourth-order valence-corrected chi connectivity index (χ4v) is 5.64. The SMILES string of the molecule is CO/N=C1/COCCN1c1ccc(NC(=O)C2(NC(=O)c3ccc(Br)s3)CCCC2)cc1C. The van der Waals surface area contributed by atoms with Gasteiger partial charge in [-0.3, -0.25) is 9.59 Å². The van der Waals surface area contributed by atoms with Crippen molar-refractivity contribution >= 4 is 56.3 Å². The zero-order chi connectivity index (χ0) is 23.4. The molecule has 2 aliphatic rings. The first-order valence-corrected chi connectivity index (χ1v) is 12.5. The molecule has 1 aliphatic carbocycles. The average Bonchev–Trinajstić information content (AvgIpc) is 3.45. The quantitative estimate of drug-likeness (QED) is 0.539. The van der Waals surface area contributed by atoms with Crippen LogP contribution in [0.1, 0.15) is 40.9 Å². The van der Waals surface area contributed by atoms with Crippen LogP contribution in [0, 0.1) is 6.92 Å². The summed E-state index contributed by atoms with van der Waals surface area (Å²) in [5.74, 6) is 0.312. The van der Waals surface area contributed by atoms with Crippen LogP contribution >= 0.6 is 27.3 Å². The highest BCUT2D eigenvalue weighted by molar-refractivity contribution is 9.11. The third kappa shape index (κ3) is 5.23. The molecule has 1 saturated carbocycles. The Bertz CT molecular complexity index is 1060. The van der Waals surface area contributed by atoms with E-state index in [2.05, 4.69) is 36.6 Å². The van der Waals surface area contributed by atoms with E-state index in [0.29, 0.717) is 49.0 Å². The van der Waals surface area contributed by atoms with Crippen molar-refractivity contribution in [1.29, 1.82) is 0 Å². The largest absolute Gasteiger partial charge is 0.398 e. The second kappa shape index (κ2) is 10.2. The van der Waals surface area contributed by atoms with Gasteiger partial charge in [0.15, 0.2) is 5.84 Å². The Morgan fingerprint density at radius 1 is 1.24 bits per heavy atom. The van der Waals surface area contributed by atoms with Gasteiger partial charge in [0, 0.05) is 17.9 Å². The van der Waals surface area contributed by atoms with E-state index in [0.717, 1.165) is 27.9 Å². The van der Waals surface area contributed by atoms with Crippen molar-refractivity contribution < 1.29 is 19.2 Å². The summed E-state index contributed by atoms with van der Waals surface area (Å²) in [5.41, 5.74) is 1.77. The number of hydrogen-bond acceptors (Lipinski definition) is 6. The first-order chi connectivity index (χ1) is 15.9. The van der Waals surface area contributed by atoms with Crippen molar-refractivity contribution in [1.82, 2.24) is 5.32 Å². The highest BCUT2D eigenvalue weighted by Gasteiger charge is 2.43. The van der Waals surface area contributed by atoms with Gasteiger partial charge in [-0.05, 0) is 71.6 Å². The molecule has 1 aliphatic heterocycles. The monoisotopic (exact) mass is 534 g/mol. The highest BCUT2D eigenvalue weighted by Crippen LogP contribution is 2.33. The molecule has 33 heavy (non-hydrogen) atoms. The molecule has 2 amide bonds. The summed E-state index contributed by atoms with van der Waals surface area (Å²) in [7, 11) is 1.51. The van der Waals surface area contributed by atoms with Crippen molar-refractivity contribution in [3.05, 3.63) is 44.6 Å². The van der Waals surface area contributed by atoms with Crippen LogP contribution in [-0.4, -0.2) is 50.1 Å². The van der Waals surface area contributed by atoms with Gasteiger partial charge in [-0.2, -0.15) is 0 Å². The van der Waals surface area contributed by atoms with Gasteiger partial charge in [0.2, 0.25) is 5.91 Å². The zero-order valence-electron chi connectivity index (χ0n) is 18.7. The Kier molecular flexibility index (Phi) is 7.35. The first-order valence-electron chi connectivity index (χ1n) is 10.9. The summed E-state index contributed by atoms with van der Waals surface area (Å²) in [6, 6.07) is 9.38. The van der Waals surface area contributed by atoms with Crippen LogP contribution in [-0.2, 0) is 14.4 Å². The van der Waals surface area contributed by atoms with Crippen LogP contribution in [0.15, 0.2) is 39.3 Å². The number of carbonyl (C=O) groups excluding carboxylic acids is 2. The van der Waals surface area contributed by atoms with Crippen LogP contribution in [0.4, 0.5) is 11.4 Å². The molecule has 2 heterocycles. The number of nitrogens with zero attached hydrogens (tertiary/aromatic N) is 2. The average molecular weight is 535 g/mol. The van der Waals surface area contributed by atoms with Crippen molar-refractivity contribution in [3.63, 3.8) is 0 Å². The number of amides is 2. The highest BCUT2D eigenvalue weighted by atomic mass is 79.9. The second-order valence-corrected chi connectivity index (χ2v) is 10.7. The number of morpholine rings is 1. The van der Waals surface area contributed by atoms with Gasteiger partial charge in [-0.25, -0.2) is 0 Å². The third-order valence-corrected chi connectivity index (χ3v) is 7.61. The zero-order valence-corrected chi connectivity index (χ0v) is 21.1. The third-order valence-electron chi connectivity index (χ3n) is 5.99. The number of carbonyl (C=O) groups is 2. The summed E-state index contributed by atoms with van der Waals surface area (Å²) in [6.45, 7) is 3.65. The molecule has 10 heteroatoms. The fourth-order valence-electron chi connectivity index (χ4n) is 4.36. The van der Waals surface area contributed by atoms with Crippen LogP contribution in [0.3, 0.4) is 0 Å². The maximum Gasteiger partial charge on any atom is 0.262 e. The minimum atomic E-state index is -0.900. The second-order valence-electron chi connectivity index (χ2n) is 8.20. The van der Waals surface area contributed by atoms with Gasteiger partial charge in [0.05, 0.1) is 15.3 Å². The Hall–Kier alpha value is -2.43. The number of anilines is 2. The van der Waals surface area contributed by atoms with Crippen molar-refractivity contribution in [2.45, 2.75) is 38.1 Å². The molecule has 2 aromatic rings. The Labute approximate surface area is 205 Å². The Morgan fingerprint density at radius 2 is 2.03 bits per heavy atom. The van der Waals surface area contributed by atoms with Crippen molar-refractivity contribution in [3.8, 4) is 0 Å². The predicted molar refractivity (Wildman–Crippen MR) is 133 cm³/mol. The lowest BCUT2D eigenvalue weighted by Gasteiger charge is -2.31. The first kappa shape index (κ1) is 23.7. The van der Waals surface area contributed by atoms with E-state index in [1.165, 1.54) is 18.4 Å². The number of nitrogens with one attached hydrogen (secondary N) is 2. The molecule has 0 atom stereocenters. The molecule has 0 radical (unpaired) electrons. The lowest BCUT2D eigenvalue weighted by molar-refractivity contribution is -0.122. The van der Waals surface area contributed by atoms with E-state index in [9.17, 15) is 9.59 Å². The van der Waals surface area contributed by atoms with E-state index in [1.807, 2.05) is 31.2 Å². The molecule has 1 aromatic carbocycles. The van der Waals surface area contributed by atoms with Crippen molar-refractivity contribution in [2.24, 2.45) is 5.16 Å². The predicted octanol–water partition coefficient (Wildman–Crippen LogP) is 4.30. The molecule has 0 bridgehead atoms. The summed E-state index contributed by atoms with van der Waals surface area (Å²) in [6.07, 6.45) is 3.05. The number of hydrogen-bond donors (Lipinski definition) is 2. The summed E-state index contributed by atoms with van der Waals surface area (Å²) < 4.78 is 6.37. The number of thiophene rings is 1. The molecular weight excluding hydrogens is 508 g/mol. The van der Waals surface area contributed by atoms with Gasteiger partial charge >= 0.3 is 0 Å². The van der Waals surface area contributed by atoms with E-state index in [-0.39, 0.29) is 11.8 Å². The van der Waals surface area contributed by atoms with Crippen LogP contribution < -0.4 is 15.5 Å². The molecule has 8 nitrogen and oxygen atoms in total. The normalized spacial score (nSPS) is 18.9. The maximum atomic E-state index is 13.3. The van der Waals surface area contributed by atoms with E-state index in [1.54, 1.807) is 6.07 Å². The van der Waals surface area contributed by atoms with Gasteiger partial charge in [0.1, 0.15) is 19.3 Å². The molecule has 4 rings (SSSR count). The molecule has 1 saturated heterocycles. The summed E-state index contributed by atoms with van der Waals surface area (Å²) in [5, 5.41) is 10.1. The lowest BCUT2D eigenvalue weighted by Crippen LogP contribution is -2.54.